The lowest BCUT2D eigenvalue weighted by Crippen LogP contribution is -2.37. The van der Waals surface area contributed by atoms with Crippen LogP contribution in [0.3, 0.4) is 0 Å². The summed E-state index contributed by atoms with van der Waals surface area (Å²) in [5, 5.41) is 11.7. The summed E-state index contributed by atoms with van der Waals surface area (Å²) in [6.07, 6.45) is 0.665. The number of anilines is 1. The molecule has 1 aromatic carbocycles. The van der Waals surface area contributed by atoms with E-state index in [1.165, 1.54) is 7.11 Å². The molecule has 5 heteroatoms. The Hall–Kier alpha value is -1.75. The Morgan fingerprint density at radius 2 is 2.29 bits per heavy atom. The van der Waals surface area contributed by atoms with Crippen molar-refractivity contribution in [2.45, 2.75) is 19.4 Å². The second-order valence-electron chi connectivity index (χ2n) is 3.71. The van der Waals surface area contributed by atoms with Gasteiger partial charge in [-0.15, -0.1) is 0 Å². The average molecular weight is 238 g/mol. The molecule has 4 N–H and O–H groups in total. The van der Waals surface area contributed by atoms with Gasteiger partial charge in [-0.2, -0.15) is 0 Å². The number of ether oxygens (including phenoxy) is 1. The van der Waals surface area contributed by atoms with E-state index in [1.807, 2.05) is 6.92 Å². The Labute approximate surface area is 101 Å². The minimum atomic E-state index is -0.286. The molecule has 1 rings (SSSR count). The highest BCUT2D eigenvalue weighted by atomic mass is 16.5. The number of aliphatic hydroxyl groups is 1. The van der Waals surface area contributed by atoms with E-state index < -0.39 is 0 Å². The van der Waals surface area contributed by atoms with Crippen LogP contribution < -0.4 is 15.8 Å². The summed E-state index contributed by atoms with van der Waals surface area (Å²) in [7, 11) is 1.54. The summed E-state index contributed by atoms with van der Waals surface area (Å²) in [5.41, 5.74) is 6.50. The third-order valence-electron chi connectivity index (χ3n) is 2.55. The molecular weight excluding hydrogens is 220 g/mol. The van der Waals surface area contributed by atoms with E-state index in [9.17, 15) is 4.79 Å². The number of aliphatic hydroxyl groups excluding tert-OH is 1. The van der Waals surface area contributed by atoms with Gasteiger partial charge in [-0.1, -0.05) is 6.92 Å². The highest BCUT2D eigenvalue weighted by Gasteiger charge is 2.14. The van der Waals surface area contributed by atoms with Crippen molar-refractivity contribution in [3.63, 3.8) is 0 Å². The van der Waals surface area contributed by atoms with Crippen molar-refractivity contribution in [2.24, 2.45) is 0 Å². The molecule has 17 heavy (non-hydrogen) atoms. The van der Waals surface area contributed by atoms with Gasteiger partial charge in [0.05, 0.1) is 25.3 Å². The summed E-state index contributed by atoms with van der Waals surface area (Å²) in [5.74, 6) is 0.319. The number of nitrogens with two attached hydrogens (primary N) is 1. The molecule has 0 aliphatic rings. The van der Waals surface area contributed by atoms with Gasteiger partial charge >= 0.3 is 0 Å². The molecule has 0 saturated heterocycles. The van der Waals surface area contributed by atoms with Crippen LogP contribution in [0.1, 0.15) is 23.7 Å². The van der Waals surface area contributed by atoms with E-state index in [1.54, 1.807) is 18.2 Å². The van der Waals surface area contributed by atoms with Gasteiger partial charge in [0.2, 0.25) is 0 Å². The lowest BCUT2D eigenvalue weighted by atomic mass is 10.1. The second-order valence-corrected chi connectivity index (χ2v) is 3.71. The largest absolute Gasteiger partial charge is 0.497 e. The standard InChI is InChI=1S/C12H18N2O3/c1-3-8(7-15)14-12(16)10-5-4-9(17-2)6-11(10)13/h4-6,8,15H,3,7,13H2,1-2H3,(H,14,16)/t8-/m0/s1. The van der Waals surface area contributed by atoms with Crippen molar-refractivity contribution >= 4 is 11.6 Å². The number of carbonyl (C=O) groups is 1. The van der Waals surface area contributed by atoms with Crippen molar-refractivity contribution in [1.82, 2.24) is 5.32 Å². The maximum Gasteiger partial charge on any atom is 0.253 e. The molecule has 0 spiro atoms. The minimum absolute atomic E-state index is 0.0850. The maximum absolute atomic E-state index is 11.9. The smallest absolute Gasteiger partial charge is 0.253 e. The first-order valence-electron chi connectivity index (χ1n) is 5.47. The van der Waals surface area contributed by atoms with Gasteiger partial charge < -0.3 is 20.9 Å². The molecule has 5 nitrogen and oxygen atoms in total. The summed E-state index contributed by atoms with van der Waals surface area (Å²) in [4.78, 5) is 11.9. The SMILES string of the molecule is CC[C@@H](CO)NC(=O)c1ccc(OC)cc1N. The van der Waals surface area contributed by atoms with E-state index in [2.05, 4.69) is 5.32 Å². The van der Waals surface area contributed by atoms with Crippen LogP contribution >= 0.6 is 0 Å². The first-order chi connectivity index (χ1) is 8.12. The van der Waals surface area contributed by atoms with Gasteiger partial charge in [-0.3, -0.25) is 4.79 Å². The Balaban J connectivity index is 2.82. The molecule has 0 bridgehead atoms. The topological polar surface area (TPSA) is 84.6 Å². The maximum atomic E-state index is 11.9. The van der Waals surface area contributed by atoms with Gasteiger partial charge in [0.1, 0.15) is 5.75 Å². The van der Waals surface area contributed by atoms with Crippen LogP contribution in [0.15, 0.2) is 18.2 Å². The molecule has 0 radical (unpaired) electrons. The molecule has 1 aromatic rings. The van der Waals surface area contributed by atoms with Crippen LogP contribution in [0.25, 0.3) is 0 Å². The number of nitrogens with one attached hydrogen (secondary N) is 1. The first kappa shape index (κ1) is 13.3. The normalized spacial score (nSPS) is 11.9. The Kier molecular flexibility index (Phi) is 4.78. The third-order valence-corrected chi connectivity index (χ3v) is 2.55. The molecule has 0 aliphatic carbocycles. The van der Waals surface area contributed by atoms with Gasteiger partial charge in [-0.05, 0) is 18.6 Å². The van der Waals surface area contributed by atoms with E-state index in [0.717, 1.165) is 0 Å². The molecule has 0 aliphatic heterocycles. The van der Waals surface area contributed by atoms with Crippen molar-refractivity contribution in [3.05, 3.63) is 23.8 Å². The van der Waals surface area contributed by atoms with E-state index in [0.29, 0.717) is 23.4 Å². The minimum Gasteiger partial charge on any atom is -0.497 e. The highest BCUT2D eigenvalue weighted by molar-refractivity contribution is 5.99. The summed E-state index contributed by atoms with van der Waals surface area (Å²) < 4.78 is 5.00. The Morgan fingerprint density at radius 3 is 2.76 bits per heavy atom. The number of carbonyl (C=O) groups excluding carboxylic acids is 1. The number of benzene rings is 1. The first-order valence-corrected chi connectivity index (χ1v) is 5.47. The molecular formula is C12H18N2O3. The van der Waals surface area contributed by atoms with Crippen LogP contribution in [0.4, 0.5) is 5.69 Å². The quantitative estimate of drug-likeness (QED) is 0.662. The number of nitrogen functional groups attached to an aromatic ring is 1. The molecule has 94 valence electrons. The zero-order chi connectivity index (χ0) is 12.8. The molecule has 0 heterocycles. The van der Waals surface area contributed by atoms with Crippen molar-refractivity contribution in [1.29, 1.82) is 0 Å². The number of rotatable bonds is 5. The zero-order valence-electron chi connectivity index (χ0n) is 10.1. The van der Waals surface area contributed by atoms with Crippen LogP contribution in [0.5, 0.6) is 5.75 Å². The number of hydrogen-bond acceptors (Lipinski definition) is 4. The van der Waals surface area contributed by atoms with E-state index in [-0.39, 0.29) is 18.6 Å². The van der Waals surface area contributed by atoms with E-state index in [4.69, 9.17) is 15.6 Å². The van der Waals surface area contributed by atoms with Crippen LogP contribution in [0, 0.1) is 0 Å². The van der Waals surface area contributed by atoms with Gasteiger partial charge in [-0.25, -0.2) is 0 Å². The Morgan fingerprint density at radius 1 is 1.59 bits per heavy atom. The molecule has 0 saturated carbocycles. The molecule has 0 fully saturated rings. The van der Waals surface area contributed by atoms with Crippen molar-refractivity contribution in [3.8, 4) is 5.75 Å². The van der Waals surface area contributed by atoms with E-state index >= 15 is 0 Å². The van der Waals surface area contributed by atoms with Crippen LogP contribution in [0.2, 0.25) is 0 Å². The Bertz CT molecular complexity index is 389. The molecule has 0 aromatic heterocycles. The van der Waals surface area contributed by atoms with Crippen LogP contribution in [-0.2, 0) is 0 Å². The number of hydrogen-bond donors (Lipinski definition) is 3. The summed E-state index contributed by atoms with van der Waals surface area (Å²) >= 11 is 0. The monoisotopic (exact) mass is 238 g/mol. The fourth-order valence-corrected chi connectivity index (χ4v) is 1.41. The van der Waals surface area contributed by atoms with Crippen molar-refractivity contribution < 1.29 is 14.6 Å². The molecule has 1 atom stereocenters. The number of methoxy groups -OCH3 is 1. The van der Waals surface area contributed by atoms with Gasteiger partial charge in [0.15, 0.2) is 0 Å². The van der Waals surface area contributed by atoms with Gasteiger partial charge in [0, 0.05) is 11.8 Å². The van der Waals surface area contributed by atoms with Crippen molar-refractivity contribution in [2.75, 3.05) is 19.5 Å². The fraction of sp³-hybridized carbons (Fsp3) is 0.417. The second kappa shape index (κ2) is 6.10. The average Bonchev–Trinajstić information content (AvgIpc) is 2.35. The molecule has 1 amide bonds. The number of amides is 1. The molecule has 0 unspecified atom stereocenters. The lowest BCUT2D eigenvalue weighted by Gasteiger charge is -2.15. The lowest BCUT2D eigenvalue weighted by molar-refractivity contribution is 0.0916. The van der Waals surface area contributed by atoms with Gasteiger partial charge in [0.25, 0.3) is 5.91 Å². The predicted octanol–water partition coefficient (Wildman–Crippen LogP) is 0.778. The zero-order valence-corrected chi connectivity index (χ0v) is 10.1. The third kappa shape index (κ3) is 3.35. The summed E-state index contributed by atoms with van der Waals surface area (Å²) in [6, 6.07) is 4.62. The highest BCUT2D eigenvalue weighted by Crippen LogP contribution is 2.19. The predicted molar refractivity (Wildman–Crippen MR) is 66.0 cm³/mol. The summed E-state index contributed by atoms with van der Waals surface area (Å²) in [6.45, 7) is 1.80. The fourth-order valence-electron chi connectivity index (χ4n) is 1.41. The van der Waals surface area contributed by atoms with Crippen LogP contribution in [-0.4, -0.2) is 30.8 Å².